The van der Waals surface area contributed by atoms with Crippen LogP contribution in [0.1, 0.15) is 34.1 Å². The van der Waals surface area contributed by atoms with E-state index in [1.165, 1.54) is 7.11 Å². The molecule has 0 bridgehead atoms. The molecule has 1 aromatic carbocycles. The van der Waals surface area contributed by atoms with E-state index < -0.39 is 5.97 Å². The Hall–Kier alpha value is -2.63. The third-order valence-electron chi connectivity index (χ3n) is 3.59. The maximum absolute atomic E-state index is 12.6. The quantitative estimate of drug-likeness (QED) is 0.795. The number of hydrogen-bond donors (Lipinski definition) is 0. The SMILES string of the molecule is CCCN(C)C(=O)c1cc(C(=O)OC)cc(-c2nccn2C)c1. The molecule has 1 aromatic heterocycles. The van der Waals surface area contributed by atoms with Crippen LogP contribution in [0.4, 0.5) is 0 Å². The lowest BCUT2D eigenvalue weighted by molar-refractivity contribution is 0.0600. The first kappa shape index (κ1) is 16.7. The van der Waals surface area contributed by atoms with Crippen LogP contribution < -0.4 is 0 Å². The zero-order valence-corrected chi connectivity index (χ0v) is 13.9. The summed E-state index contributed by atoms with van der Waals surface area (Å²) in [4.78, 5) is 30.4. The Kier molecular flexibility index (Phi) is 5.16. The molecule has 0 atom stereocenters. The Morgan fingerprint density at radius 3 is 2.52 bits per heavy atom. The number of nitrogens with zero attached hydrogens (tertiary/aromatic N) is 3. The summed E-state index contributed by atoms with van der Waals surface area (Å²) in [5.74, 6) is 0.0734. The van der Waals surface area contributed by atoms with Crippen LogP contribution in [0, 0.1) is 0 Å². The van der Waals surface area contributed by atoms with Crippen LogP contribution >= 0.6 is 0 Å². The van der Waals surface area contributed by atoms with Gasteiger partial charge in [-0.3, -0.25) is 4.79 Å². The zero-order valence-electron chi connectivity index (χ0n) is 13.9. The summed E-state index contributed by atoms with van der Waals surface area (Å²) < 4.78 is 6.62. The van der Waals surface area contributed by atoms with Gasteiger partial charge in [-0.25, -0.2) is 9.78 Å². The molecular weight excluding hydrogens is 294 g/mol. The van der Waals surface area contributed by atoms with Crippen LogP contribution in [-0.4, -0.2) is 47.0 Å². The highest BCUT2D eigenvalue weighted by Crippen LogP contribution is 2.22. The van der Waals surface area contributed by atoms with Crippen LogP contribution in [0.15, 0.2) is 30.6 Å². The highest BCUT2D eigenvalue weighted by atomic mass is 16.5. The number of benzene rings is 1. The van der Waals surface area contributed by atoms with Gasteiger partial charge in [0.2, 0.25) is 0 Å². The minimum absolute atomic E-state index is 0.131. The van der Waals surface area contributed by atoms with Gasteiger partial charge in [0.15, 0.2) is 0 Å². The number of imidazole rings is 1. The lowest BCUT2D eigenvalue weighted by Crippen LogP contribution is -2.27. The number of aromatic nitrogens is 2. The molecule has 0 N–H and O–H groups in total. The fraction of sp³-hybridized carbons (Fsp3) is 0.353. The van der Waals surface area contributed by atoms with Crippen LogP contribution in [0.3, 0.4) is 0 Å². The normalized spacial score (nSPS) is 10.4. The van der Waals surface area contributed by atoms with Gasteiger partial charge in [-0.1, -0.05) is 6.92 Å². The molecule has 2 rings (SSSR count). The number of amides is 1. The van der Waals surface area contributed by atoms with E-state index in [1.54, 1.807) is 36.3 Å². The van der Waals surface area contributed by atoms with Crippen LogP contribution in [0.25, 0.3) is 11.4 Å². The summed E-state index contributed by atoms with van der Waals surface area (Å²) >= 11 is 0. The van der Waals surface area contributed by atoms with Gasteiger partial charge >= 0.3 is 5.97 Å². The van der Waals surface area contributed by atoms with Crippen molar-refractivity contribution in [3.63, 3.8) is 0 Å². The molecule has 0 saturated heterocycles. The standard InChI is InChI=1S/C17H21N3O3/c1-5-7-20(3)16(21)13-9-12(15-18-6-8-19(15)2)10-14(11-13)17(22)23-4/h6,8-11H,5,7H2,1-4H3. The summed E-state index contributed by atoms with van der Waals surface area (Å²) in [6.07, 6.45) is 4.35. The van der Waals surface area contributed by atoms with Crippen molar-refractivity contribution >= 4 is 11.9 Å². The third kappa shape index (κ3) is 3.59. The maximum Gasteiger partial charge on any atom is 0.337 e. The number of ether oxygens (including phenoxy) is 1. The van der Waals surface area contributed by atoms with E-state index in [0.717, 1.165) is 6.42 Å². The molecule has 122 valence electrons. The Morgan fingerprint density at radius 1 is 1.26 bits per heavy atom. The van der Waals surface area contributed by atoms with Crippen molar-refractivity contribution in [3.8, 4) is 11.4 Å². The van der Waals surface area contributed by atoms with E-state index in [0.29, 0.717) is 29.1 Å². The number of rotatable bonds is 5. The van der Waals surface area contributed by atoms with Crippen LogP contribution in [-0.2, 0) is 11.8 Å². The lowest BCUT2D eigenvalue weighted by atomic mass is 10.0. The van der Waals surface area contributed by atoms with Crippen molar-refractivity contribution in [3.05, 3.63) is 41.7 Å². The molecule has 0 radical (unpaired) electrons. The van der Waals surface area contributed by atoms with Crippen molar-refractivity contribution in [1.82, 2.24) is 14.5 Å². The van der Waals surface area contributed by atoms with Gasteiger partial charge < -0.3 is 14.2 Å². The monoisotopic (exact) mass is 315 g/mol. The first-order valence-electron chi connectivity index (χ1n) is 7.44. The van der Waals surface area contributed by atoms with E-state index in [9.17, 15) is 9.59 Å². The van der Waals surface area contributed by atoms with Crippen molar-refractivity contribution in [2.24, 2.45) is 7.05 Å². The second-order valence-corrected chi connectivity index (χ2v) is 5.38. The Bertz CT molecular complexity index is 722. The smallest absolute Gasteiger partial charge is 0.337 e. The molecule has 0 saturated carbocycles. The molecule has 0 aliphatic rings. The highest BCUT2D eigenvalue weighted by Gasteiger charge is 2.17. The van der Waals surface area contributed by atoms with Gasteiger partial charge in [-0.15, -0.1) is 0 Å². The molecule has 1 amide bonds. The van der Waals surface area contributed by atoms with Gasteiger partial charge in [0.1, 0.15) is 5.82 Å². The number of carbonyl (C=O) groups excluding carboxylic acids is 2. The molecule has 23 heavy (non-hydrogen) atoms. The van der Waals surface area contributed by atoms with Gasteiger partial charge in [0.25, 0.3) is 5.91 Å². The zero-order chi connectivity index (χ0) is 17.0. The molecule has 6 heteroatoms. The molecule has 0 aliphatic carbocycles. The fourth-order valence-electron chi connectivity index (χ4n) is 2.42. The van der Waals surface area contributed by atoms with Gasteiger partial charge in [0.05, 0.1) is 12.7 Å². The average molecular weight is 315 g/mol. The highest BCUT2D eigenvalue weighted by molar-refractivity contribution is 5.99. The first-order chi connectivity index (χ1) is 11.0. The predicted molar refractivity (Wildman–Crippen MR) is 87.2 cm³/mol. The second-order valence-electron chi connectivity index (χ2n) is 5.38. The summed E-state index contributed by atoms with van der Waals surface area (Å²) in [7, 11) is 4.93. The van der Waals surface area contributed by atoms with Crippen molar-refractivity contribution in [2.75, 3.05) is 20.7 Å². The minimum atomic E-state index is -0.478. The summed E-state index contributed by atoms with van der Waals surface area (Å²) in [6, 6.07) is 5.00. The first-order valence-corrected chi connectivity index (χ1v) is 7.44. The summed E-state index contributed by atoms with van der Waals surface area (Å²) in [6.45, 7) is 2.66. The fourth-order valence-corrected chi connectivity index (χ4v) is 2.42. The Morgan fingerprint density at radius 2 is 1.96 bits per heavy atom. The van der Waals surface area contributed by atoms with E-state index in [-0.39, 0.29) is 5.91 Å². The third-order valence-corrected chi connectivity index (χ3v) is 3.59. The van der Waals surface area contributed by atoms with Gasteiger partial charge in [0, 0.05) is 44.2 Å². The molecule has 0 aliphatic heterocycles. The van der Waals surface area contributed by atoms with E-state index >= 15 is 0 Å². The molecule has 2 aromatic rings. The molecule has 0 unspecified atom stereocenters. The number of methoxy groups -OCH3 is 1. The Balaban J connectivity index is 2.52. The van der Waals surface area contributed by atoms with Crippen LogP contribution in [0.5, 0.6) is 0 Å². The molecular formula is C17H21N3O3. The number of esters is 1. The Labute approximate surface area is 135 Å². The topological polar surface area (TPSA) is 64.4 Å². The number of hydrogen-bond acceptors (Lipinski definition) is 4. The van der Waals surface area contributed by atoms with Gasteiger partial charge in [-0.05, 0) is 24.6 Å². The average Bonchev–Trinajstić information content (AvgIpc) is 2.99. The molecule has 6 nitrogen and oxygen atoms in total. The maximum atomic E-state index is 12.6. The predicted octanol–water partition coefficient (Wildman–Crippen LogP) is 2.36. The van der Waals surface area contributed by atoms with Crippen LogP contribution in [0.2, 0.25) is 0 Å². The van der Waals surface area contributed by atoms with E-state index in [1.807, 2.05) is 24.7 Å². The summed E-state index contributed by atoms with van der Waals surface area (Å²) in [5.41, 5.74) is 1.48. The van der Waals surface area contributed by atoms with Crippen molar-refractivity contribution < 1.29 is 14.3 Å². The lowest BCUT2D eigenvalue weighted by Gasteiger charge is -2.17. The number of aryl methyl sites for hydroxylation is 1. The van der Waals surface area contributed by atoms with Crippen molar-refractivity contribution in [1.29, 1.82) is 0 Å². The molecule has 1 heterocycles. The largest absolute Gasteiger partial charge is 0.465 e. The summed E-state index contributed by atoms with van der Waals surface area (Å²) in [5, 5.41) is 0. The molecule has 0 fully saturated rings. The minimum Gasteiger partial charge on any atom is -0.465 e. The second kappa shape index (κ2) is 7.09. The van der Waals surface area contributed by atoms with Gasteiger partial charge in [-0.2, -0.15) is 0 Å². The van der Waals surface area contributed by atoms with E-state index in [2.05, 4.69) is 4.98 Å². The van der Waals surface area contributed by atoms with E-state index in [4.69, 9.17) is 4.74 Å². The van der Waals surface area contributed by atoms with Crippen molar-refractivity contribution in [2.45, 2.75) is 13.3 Å². The molecule has 0 spiro atoms. The number of carbonyl (C=O) groups is 2.